The molecule has 92 valence electrons. The first-order valence-corrected chi connectivity index (χ1v) is 5.09. The number of nitrogens with zero attached hydrogens (tertiary/aromatic N) is 1. The SMILES string of the molecule is COC(=O)c1cc(NC(C)C)ccc1[N+](=O)[O-]. The van der Waals surface area contributed by atoms with E-state index in [1.165, 1.54) is 19.2 Å². The van der Waals surface area contributed by atoms with Gasteiger partial charge in [-0.2, -0.15) is 0 Å². The highest BCUT2D eigenvalue weighted by Gasteiger charge is 2.21. The van der Waals surface area contributed by atoms with Crippen molar-refractivity contribution >= 4 is 17.3 Å². The van der Waals surface area contributed by atoms with E-state index in [1.54, 1.807) is 6.07 Å². The lowest BCUT2D eigenvalue weighted by atomic mass is 10.1. The predicted octanol–water partition coefficient (Wildman–Crippen LogP) is 2.20. The zero-order valence-electron chi connectivity index (χ0n) is 9.89. The number of benzene rings is 1. The van der Waals surface area contributed by atoms with Gasteiger partial charge >= 0.3 is 5.97 Å². The summed E-state index contributed by atoms with van der Waals surface area (Å²) in [7, 11) is 1.19. The summed E-state index contributed by atoms with van der Waals surface area (Å²) in [5.74, 6) is -0.718. The molecule has 17 heavy (non-hydrogen) atoms. The molecule has 0 atom stereocenters. The highest BCUT2D eigenvalue weighted by molar-refractivity contribution is 5.95. The van der Waals surface area contributed by atoms with Gasteiger partial charge in [-0.1, -0.05) is 0 Å². The molecule has 0 unspecified atom stereocenters. The third kappa shape index (κ3) is 3.17. The lowest BCUT2D eigenvalue weighted by molar-refractivity contribution is -0.385. The molecule has 1 aromatic rings. The van der Waals surface area contributed by atoms with Crippen LogP contribution in [-0.2, 0) is 4.74 Å². The number of methoxy groups -OCH3 is 1. The topological polar surface area (TPSA) is 81.5 Å². The average molecular weight is 238 g/mol. The average Bonchev–Trinajstić information content (AvgIpc) is 2.26. The molecule has 1 N–H and O–H groups in total. The van der Waals surface area contributed by atoms with Crippen LogP contribution in [0.25, 0.3) is 0 Å². The summed E-state index contributed by atoms with van der Waals surface area (Å²) in [6.45, 7) is 3.86. The molecule has 0 bridgehead atoms. The molecule has 6 nitrogen and oxygen atoms in total. The Balaban J connectivity index is 3.19. The summed E-state index contributed by atoms with van der Waals surface area (Å²) >= 11 is 0. The molecule has 0 saturated carbocycles. The van der Waals surface area contributed by atoms with Gasteiger partial charge in [0.25, 0.3) is 5.69 Å². The minimum Gasteiger partial charge on any atom is -0.465 e. The van der Waals surface area contributed by atoms with E-state index in [4.69, 9.17) is 0 Å². The number of anilines is 1. The van der Waals surface area contributed by atoms with Crippen molar-refractivity contribution in [2.24, 2.45) is 0 Å². The van der Waals surface area contributed by atoms with Crippen molar-refractivity contribution in [1.82, 2.24) is 0 Å². The summed E-state index contributed by atoms with van der Waals surface area (Å²) in [5, 5.41) is 13.8. The van der Waals surface area contributed by atoms with Crippen LogP contribution in [0.2, 0.25) is 0 Å². The van der Waals surface area contributed by atoms with Gasteiger partial charge in [0.1, 0.15) is 5.56 Å². The number of hydrogen-bond acceptors (Lipinski definition) is 5. The van der Waals surface area contributed by atoms with Crippen LogP contribution in [0.15, 0.2) is 18.2 Å². The zero-order chi connectivity index (χ0) is 13.0. The van der Waals surface area contributed by atoms with E-state index in [-0.39, 0.29) is 17.3 Å². The van der Waals surface area contributed by atoms with Gasteiger partial charge in [0.2, 0.25) is 0 Å². The van der Waals surface area contributed by atoms with E-state index >= 15 is 0 Å². The van der Waals surface area contributed by atoms with Gasteiger partial charge in [-0.15, -0.1) is 0 Å². The van der Waals surface area contributed by atoms with Crippen LogP contribution in [0.5, 0.6) is 0 Å². The Labute approximate surface area is 98.7 Å². The smallest absolute Gasteiger partial charge is 0.344 e. The maximum absolute atomic E-state index is 11.4. The van der Waals surface area contributed by atoms with Crippen molar-refractivity contribution in [2.75, 3.05) is 12.4 Å². The molecule has 0 heterocycles. The van der Waals surface area contributed by atoms with Gasteiger partial charge in [-0.3, -0.25) is 10.1 Å². The van der Waals surface area contributed by atoms with Crippen LogP contribution in [0.1, 0.15) is 24.2 Å². The largest absolute Gasteiger partial charge is 0.465 e. The molecule has 0 saturated heterocycles. The third-order valence-electron chi connectivity index (χ3n) is 2.05. The van der Waals surface area contributed by atoms with Gasteiger partial charge in [0.15, 0.2) is 0 Å². The van der Waals surface area contributed by atoms with Gasteiger partial charge in [0.05, 0.1) is 12.0 Å². The first kappa shape index (κ1) is 13.0. The van der Waals surface area contributed by atoms with Crippen molar-refractivity contribution in [3.8, 4) is 0 Å². The lowest BCUT2D eigenvalue weighted by Crippen LogP contribution is -2.11. The van der Waals surface area contributed by atoms with Crippen LogP contribution < -0.4 is 5.32 Å². The quantitative estimate of drug-likeness (QED) is 0.494. The Morgan fingerprint density at radius 2 is 2.12 bits per heavy atom. The third-order valence-corrected chi connectivity index (χ3v) is 2.05. The minimum absolute atomic E-state index is 0.0526. The number of nitro groups is 1. The Hall–Kier alpha value is -2.11. The fourth-order valence-corrected chi connectivity index (χ4v) is 1.39. The van der Waals surface area contributed by atoms with E-state index in [0.29, 0.717) is 5.69 Å². The van der Waals surface area contributed by atoms with Gasteiger partial charge in [0, 0.05) is 17.8 Å². The lowest BCUT2D eigenvalue weighted by Gasteiger charge is -2.10. The highest BCUT2D eigenvalue weighted by atomic mass is 16.6. The predicted molar refractivity (Wildman–Crippen MR) is 63.2 cm³/mol. The summed E-state index contributed by atoms with van der Waals surface area (Å²) in [6.07, 6.45) is 0. The second-order valence-electron chi connectivity index (χ2n) is 3.78. The molecule has 0 spiro atoms. The van der Waals surface area contributed by atoms with Gasteiger partial charge < -0.3 is 10.1 Å². The molecule has 0 aliphatic carbocycles. The Morgan fingerprint density at radius 1 is 1.47 bits per heavy atom. The Kier molecular flexibility index (Phi) is 4.03. The number of nitrogens with one attached hydrogen (secondary N) is 1. The van der Waals surface area contributed by atoms with E-state index in [1.807, 2.05) is 13.8 Å². The number of nitro benzene ring substituents is 1. The molecular formula is C11H14N2O4. The zero-order valence-corrected chi connectivity index (χ0v) is 9.89. The van der Waals surface area contributed by atoms with Crippen molar-refractivity contribution in [2.45, 2.75) is 19.9 Å². The summed E-state index contributed by atoms with van der Waals surface area (Å²) in [5.41, 5.74) is 0.334. The van der Waals surface area contributed by atoms with Crippen LogP contribution in [0.3, 0.4) is 0 Å². The van der Waals surface area contributed by atoms with Gasteiger partial charge in [-0.05, 0) is 26.0 Å². The second kappa shape index (κ2) is 5.29. The molecule has 0 radical (unpaired) electrons. The second-order valence-corrected chi connectivity index (χ2v) is 3.78. The van der Waals surface area contributed by atoms with Crippen molar-refractivity contribution in [1.29, 1.82) is 0 Å². The first-order valence-electron chi connectivity index (χ1n) is 5.09. The van der Waals surface area contributed by atoms with Gasteiger partial charge in [-0.25, -0.2) is 4.79 Å². The molecule has 0 aromatic heterocycles. The van der Waals surface area contributed by atoms with Crippen molar-refractivity contribution < 1.29 is 14.5 Å². The Morgan fingerprint density at radius 3 is 2.59 bits per heavy atom. The van der Waals surface area contributed by atoms with Crippen LogP contribution in [-0.4, -0.2) is 24.0 Å². The molecule has 1 rings (SSSR count). The summed E-state index contributed by atoms with van der Waals surface area (Å²) in [4.78, 5) is 21.6. The van der Waals surface area contributed by atoms with Crippen molar-refractivity contribution in [3.63, 3.8) is 0 Å². The summed E-state index contributed by atoms with van der Waals surface area (Å²) in [6, 6.07) is 4.44. The van der Waals surface area contributed by atoms with E-state index < -0.39 is 10.9 Å². The highest BCUT2D eigenvalue weighted by Crippen LogP contribution is 2.23. The van der Waals surface area contributed by atoms with E-state index in [9.17, 15) is 14.9 Å². The van der Waals surface area contributed by atoms with Crippen LogP contribution >= 0.6 is 0 Å². The fourth-order valence-electron chi connectivity index (χ4n) is 1.39. The first-order chi connectivity index (χ1) is 7.95. The molecule has 1 aromatic carbocycles. The summed E-state index contributed by atoms with van der Waals surface area (Å²) < 4.78 is 4.52. The van der Waals surface area contributed by atoms with E-state index in [2.05, 4.69) is 10.1 Å². The standard InChI is InChI=1S/C11H14N2O4/c1-7(2)12-8-4-5-10(13(15)16)9(6-8)11(14)17-3/h4-7,12H,1-3H3. The molecule has 0 amide bonds. The molecule has 0 fully saturated rings. The number of carbonyl (C=O) groups is 1. The molecular weight excluding hydrogens is 224 g/mol. The molecule has 0 aliphatic heterocycles. The van der Waals surface area contributed by atoms with Crippen molar-refractivity contribution in [3.05, 3.63) is 33.9 Å². The fraction of sp³-hybridized carbons (Fsp3) is 0.364. The maximum atomic E-state index is 11.4. The van der Waals surface area contributed by atoms with E-state index in [0.717, 1.165) is 0 Å². The van der Waals surface area contributed by atoms with Crippen LogP contribution in [0.4, 0.5) is 11.4 Å². The Bertz CT molecular complexity index is 443. The normalized spacial score (nSPS) is 10.1. The maximum Gasteiger partial charge on any atom is 0.344 e. The number of carbonyl (C=O) groups excluding carboxylic acids is 1. The number of esters is 1. The molecule has 6 heteroatoms. The molecule has 0 aliphatic rings. The van der Waals surface area contributed by atoms with Crippen LogP contribution in [0, 0.1) is 10.1 Å². The monoisotopic (exact) mass is 238 g/mol. The minimum atomic E-state index is -0.718. The number of hydrogen-bond donors (Lipinski definition) is 1. The number of rotatable bonds is 4. The number of ether oxygens (including phenoxy) is 1.